The van der Waals surface area contributed by atoms with Crippen LogP contribution in [0, 0.1) is 6.92 Å². The highest BCUT2D eigenvalue weighted by atomic mass is 32.2. The topological polar surface area (TPSA) is 96.2 Å². The van der Waals surface area contributed by atoms with E-state index in [-0.39, 0.29) is 17.5 Å². The molecule has 0 spiro atoms. The summed E-state index contributed by atoms with van der Waals surface area (Å²) in [6, 6.07) is 0.343. The van der Waals surface area contributed by atoms with E-state index in [2.05, 4.69) is 36.4 Å². The molecule has 1 aliphatic heterocycles. The molecule has 1 aliphatic rings. The molecule has 3 rings (SSSR count). The van der Waals surface area contributed by atoms with E-state index >= 15 is 0 Å². The van der Waals surface area contributed by atoms with Crippen LogP contribution in [0.5, 0.6) is 0 Å². The van der Waals surface area contributed by atoms with Gasteiger partial charge in [-0.3, -0.25) is 19.3 Å². The largest absolute Gasteiger partial charge is 0.385 e. The van der Waals surface area contributed by atoms with Gasteiger partial charge >= 0.3 is 0 Å². The predicted molar refractivity (Wildman–Crippen MR) is 130 cm³/mol. The van der Waals surface area contributed by atoms with Crippen molar-refractivity contribution >= 4 is 17.9 Å². The van der Waals surface area contributed by atoms with Crippen LogP contribution in [0.2, 0.25) is 0 Å². The standard InChI is InChI=1S/C23H38N6O3S/c1-16(2)32-22(20-15-24-17(3)14-25-20)18(4)33-28-23-27-26-21(8-6-7-11-30-5)29(23)19-9-12-31-13-10-19/h14-16,18-19,22H,6-13H2,1-5H3,(H,27,28)/t18?,22-/m1/s1. The first-order valence-electron chi connectivity index (χ1n) is 11.9. The summed E-state index contributed by atoms with van der Waals surface area (Å²) in [7, 11) is 1.74. The third-order valence-corrected chi connectivity index (χ3v) is 6.51. The second-order valence-corrected chi connectivity index (χ2v) is 9.90. The Kier molecular flexibility index (Phi) is 10.4. The van der Waals surface area contributed by atoms with E-state index in [0.717, 1.165) is 75.1 Å². The predicted octanol–water partition coefficient (Wildman–Crippen LogP) is 4.31. The van der Waals surface area contributed by atoms with Crippen LogP contribution >= 0.6 is 11.9 Å². The van der Waals surface area contributed by atoms with Crippen molar-refractivity contribution in [1.29, 1.82) is 0 Å². The van der Waals surface area contributed by atoms with Gasteiger partial charge in [-0.15, -0.1) is 10.2 Å². The summed E-state index contributed by atoms with van der Waals surface area (Å²) < 4.78 is 22.8. The van der Waals surface area contributed by atoms with Gasteiger partial charge in [-0.05, 0) is 65.3 Å². The number of rotatable bonds is 13. The van der Waals surface area contributed by atoms with E-state index < -0.39 is 0 Å². The average molecular weight is 479 g/mol. The van der Waals surface area contributed by atoms with Gasteiger partial charge in [0, 0.05) is 45.6 Å². The van der Waals surface area contributed by atoms with Gasteiger partial charge in [-0.1, -0.05) is 0 Å². The van der Waals surface area contributed by atoms with Crippen molar-refractivity contribution in [1.82, 2.24) is 24.7 Å². The lowest BCUT2D eigenvalue weighted by Crippen LogP contribution is -2.24. The molecule has 0 bridgehead atoms. The molecule has 2 aromatic rings. The highest BCUT2D eigenvalue weighted by Gasteiger charge is 2.27. The fraction of sp³-hybridized carbons (Fsp3) is 0.739. The first-order chi connectivity index (χ1) is 16.0. The summed E-state index contributed by atoms with van der Waals surface area (Å²) in [4.78, 5) is 8.97. The van der Waals surface area contributed by atoms with Crippen LogP contribution in [-0.4, -0.2) is 63.0 Å². The Morgan fingerprint density at radius 3 is 2.61 bits per heavy atom. The minimum atomic E-state index is -0.191. The van der Waals surface area contributed by atoms with Crippen molar-refractivity contribution in [2.45, 2.75) is 83.3 Å². The Morgan fingerprint density at radius 1 is 1.15 bits per heavy atom. The molecule has 10 heteroatoms. The van der Waals surface area contributed by atoms with Crippen molar-refractivity contribution in [3.05, 3.63) is 29.6 Å². The van der Waals surface area contributed by atoms with Gasteiger partial charge < -0.3 is 14.2 Å². The minimum absolute atomic E-state index is 0.0748. The lowest BCUT2D eigenvalue weighted by Gasteiger charge is -2.28. The molecule has 0 radical (unpaired) electrons. The zero-order valence-corrected chi connectivity index (χ0v) is 21.3. The number of methoxy groups -OCH3 is 1. The highest BCUT2D eigenvalue weighted by molar-refractivity contribution is 8.01. The van der Waals surface area contributed by atoms with Crippen LogP contribution in [0.15, 0.2) is 12.4 Å². The number of hydrogen-bond acceptors (Lipinski definition) is 9. The summed E-state index contributed by atoms with van der Waals surface area (Å²) >= 11 is 1.58. The molecule has 0 amide bonds. The molecule has 2 atom stereocenters. The minimum Gasteiger partial charge on any atom is -0.385 e. The van der Waals surface area contributed by atoms with Crippen molar-refractivity contribution in [3.63, 3.8) is 0 Å². The molecule has 0 aromatic carbocycles. The first kappa shape index (κ1) is 25.9. The Balaban J connectivity index is 1.72. The van der Waals surface area contributed by atoms with Crippen LogP contribution in [0.4, 0.5) is 5.95 Å². The summed E-state index contributed by atoms with van der Waals surface area (Å²) in [5, 5.41) is 9.12. The molecule has 184 valence electrons. The molecule has 1 fully saturated rings. The van der Waals surface area contributed by atoms with Crippen LogP contribution in [-0.2, 0) is 20.6 Å². The summed E-state index contributed by atoms with van der Waals surface area (Å²) in [5.74, 6) is 1.81. The van der Waals surface area contributed by atoms with E-state index in [9.17, 15) is 0 Å². The molecule has 1 unspecified atom stereocenters. The van der Waals surface area contributed by atoms with Gasteiger partial charge in [0.05, 0.1) is 28.9 Å². The van der Waals surface area contributed by atoms with Crippen molar-refractivity contribution in [2.75, 3.05) is 31.7 Å². The Bertz CT molecular complexity index is 826. The second-order valence-electron chi connectivity index (χ2n) is 8.72. The van der Waals surface area contributed by atoms with Crippen LogP contribution in [0.25, 0.3) is 0 Å². The Morgan fingerprint density at radius 2 is 1.94 bits per heavy atom. The fourth-order valence-electron chi connectivity index (χ4n) is 3.89. The summed E-state index contributed by atoms with van der Waals surface area (Å²) in [5.41, 5.74) is 1.73. The number of nitrogens with one attached hydrogen (secondary N) is 1. The molecule has 0 aliphatic carbocycles. The van der Waals surface area contributed by atoms with E-state index in [1.165, 1.54) is 0 Å². The van der Waals surface area contributed by atoms with Crippen LogP contribution in [0.1, 0.15) is 75.8 Å². The Hall–Kier alpha value is -1.75. The summed E-state index contributed by atoms with van der Waals surface area (Å²) in [6.45, 7) is 10.5. The quantitative estimate of drug-likeness (QED) is 0.334. The summed E-state index contributed by atoms with van der Waals surface area (Å²) in [6.07, 6.45) is 8.33. The van der Waals surface area contributed by atoms with Gasteiger partial charge in [-0.25, -0.2) is 0 Å². The molecule has 3 heterocycles. The van der Waals surface area contributed by atoms with Gasteiger partial charge in [0.15, 0.2) is 0 Å². The number of ether oxygens (including phenoxy) is 3. The average Bonchev–Trinajstić information content (AvgIpc) is 3.22. The molecular formula is C23H38N6O3S. The third kappa shape index (κ3) is 7.63. The third-order valence-electron chi connectivity index (χ3n) is 5.59. The number of unbranched alkanes of at least 4 members (excludes halogenated alkanes) is 1. The maximum atomic E-state index is 6.22. The zero-order chi connectivity index (χ0) is 23.6. The second kappa shape index (κ2) is 13.2. The molecule has 0 saturated carbocycles. The number of aromatic nitrogens is 5. The van der Waals surface area contributed by atoms with E-state index in [0.29, 0.717) is 6.04 Å². The number of anilines is 1. The molecular weight excluding hydrogens is 440 g/mol. The first-order valence-corrected chi connectivity index (χ1v) is 12.7. The van der Waals surface area contributed by atoms with Crippen LogP contribution in [0.3, 0.4) is 0 Å². The Labute approximate surface area is 201 Å². The van der Waals surface area contributed by atoms with E-state index in [1.807, 2.05) is 27.0 Å². The molecule has 9 nitrogen and oxygen atoms in total. The number of aryl methyl sites for hydroxylation is 2. The van der Waals surface area contributed by atoms with E-state index in [4.69, 9.17) is 14.2 Å². The zero-order valence-electron chi connectivity index (χ0n) is 20.5. The van der Waals surface area contributed by atoms with Gasteiger partial charge in [0.1, 0.15) is 11.9 Å². The molecule has 33 heavy (non-hydrogen) atoms. The number of nitrogens with zero attached hydrogens (tertiary/aromatic N) is 5. The van der Waals surface area contributed by atoms with Gasteiger partial charge in [0.2, 0.25) is 5.95 Å². The lowest BCUT2D eigenvalue weighted by molar-refractivity contribution is 0.00526. The maximum Gasteiger partial charge on any atom is 0.234 e. The van der Waals surface area contributed by atoms with E-state index in [1.54, 1.807) is 25.3 Å². The van der Waals surface area contributed by atoms with Crippen molar-refractivity contribution < 1.29 is 14.2 Å². The molecule has 1 saturated heterocycles. The maximum absolute atomic E-state index is 6.22. The van der Waals surface area contributed by atoms with Gasteiger partial charge in [0.25, 0.3) is 0 Å². The monoisotopic (exact) mass is 478 g/mol. The normalized spacial score (nSPS) is 16.8. The van der Waals surface area contributed by atoms with Crippen molar-refractivity contribution in [2.24, 2.45) is 0 Å². The molecule has 2 aromatic heterocycles. The van der Waals surface area contributed by atoms with Gasteiger partial charge in [-0.2, -0.15) is 0 Å². The van der Waals surface area contributed by atoms with Crippen LogP contribution < -0.4 is 4.72 Å². The highest BCUT2D eigenvalue weighted by Crippen LogP contribution is 2.32. The fourth-order valence-corrected chi connectivity index (χ4v) is 4.65. The smallest absolute Gasteiger partial charge is 0.234 e. The SMILES string of the molecule is COCCCCc1nnc(NSC(C)[C@@H](OC(C)C)c2cnc(C)cn2)n1C1CCOCC1. The number of hydrogen-bond donors (Lipinski definition) is 1. The van der Waals surface area contributed by atoms with Crippen molar-refractivity contribution in [3.8, 4) is 0 Å². The lowest BCUT2D eigenvalue weighted by atomic mass is 10.1. The molecule has 1 N–H and O–H groups in total.